The number of pyridine rings is 1. The summed E-state index contributed by atoms with van der Waals surface area (Å²) in [5.74, 6) is 0.275. The van der Waals surface area contributed by atoms with E-state index in [0.29, 0.717) is 29.6 Å². The SMILES string of the molecule is CC(C)c1cc2c(-c3ccc(S(=O)(=O)NC4CCS(O)(O)CC4)cc3)ccnc2n1S(=O)(=O)c1ccccc1. The number of benzene rings is 2. The Balaban J connectivity index is 1.51. The zero-order valence-corrected chi connectivity index (χ0v) is 24.0. The van der Waals surface area contributed by atoms with Gasteiger partial charge in [0.15, 0.2) is 5.65 Å². The van der Waals surface area contributed by atoms with Crippen LogP contribution in [0.5, 0.6) is 0 Å². The minimum Gasteiger partial charge on any atom is -0.299 e. The van der Waals surface area contributed by atoms with E-state index in [-0.39, 0.29) is 33.3 Å². The quantitative estimate of drug-likeness (QED) is 0.267. The first-order chi connectivity index (χ1) is 18.4. The lowest BCUT2D eigenvalue weighted by Crippen LogP contribution is -2.39. The molecule has 39 heavy (non-hydrogen) atoms. The minimum absolute atomic E-state index is 0.0980. The maximum atomic E-state index is 13.7. The van der Waals surface area contributed by atoms with Crippen molar-refractivity contribution in [2.45, 2.75) is 48.4 Å². The molecule has 0 saturated carbocycles. The molecule has 2 aromatic carbocycles. The van der Waals surface area contributed by atoms with Gasteiger partial charge >= 0.3 is 0 Å². The summed E-state index contributed by atoms with van der Waals surface area (Å²) in [4.78, 5) is 4.70. The van der Waals surface area contributed by atoms with Crippen LogP contribution in [0.15, 0.2) is 82.7 Å². The number of hydrogen-bond acceptors (Lipinski definition) is 7. The molecule has 2 aromatic heterocycles. The van der Waals surface area contributed by atoms with Crippen molar-refractivity contribution in [2.75, 3.05) is 11.5 Å². The maximum Gasteiger partial charge on any atom is 0.269 e. The number of hydrogen-bond donors (Lipinski definition) is 3. The lowest BCUT2D eigenvalue weighted by atomic mass is 10.0. The fourth-order valence-corrected chi connectivity index (χ4v) is 9.29. The van der Waals surface area contributed by atoms with Crippen LogP contribution in [-0.2, 0) is 20.0 Å². The molecule has 1 aliphatic rings. The van der Waals surface area contributed by atoms with Gasteiger partial charge in [-0.25, -0.2) is 30.5 Å². The molecule has 0 atom stereocenters. The standard InChI is InChI=1S/C27H31N3O6S3/c1-19(2)26-18-25-24(12-15-28-27(25)30(26)39(35,36)23-6-4-3-5-7-23)20-8-10-22(11-9-20)38(33,34)29-21-13-16-37(31,32)17-14-21/h3-12,15,18-19,21,29,31-32H,13-14,16-17H2,1-2H3. The van der Waals surface area contributed by atoms with E-state index in [1.807, 2.05) is 19.9 Å². The third kappa shape index (κ3) is 5.49. The number of sulfonamides is 1. The second-order valence-electron chi connectivity index (χ2n) is 10.0. The smallest absolute Gasteiger partial charge is 0.269 e. The van der Waals surface area contributed by atoms with Crippen LogP contribution < -0.4 is 4.72 Å². The van der Waals surface area contributed by atoms with Gasteiger partial charge in [-0.15, -0.1) is 0 Å². The van der Waals surface area contributed by atoms with Crippen molar-refractivity contribution in [3.8, 4) is 11.1 Å². The Morgan fingerprint density at radius 2 is 1.56 bits per heavy atom. The van der Waals surface area contributed by atoms with Crippen molar-refractivity contribution in [3.63, 3.8) is 0 Å². The zero-order valence-electron chi connectivity index (χ0n) is 21.6. The average Bonchev–Trinajstić information content (AvgIpc) is 3.32. The summed E-state index contributed by atoms with van der Waals surface area (Å²) in [6.07, 6.45) is 2.30. The highest BCUT2D eigenvalue weighted by molar-refractivity contribution is 8.24. The summed E-state index contributed by atoms with van der Waals surface area (Å²) < 4.78 is 76.8. The Morgan fingerprint density at radius 1 is 0.923 bits per heavy atom. The van der Waals surface area contributed by atoms with Crippen LogP contribution >= 0.6 is 10.6 Å². The van der Waals surface area contributed by atoms with Crippen molar-refractivity contribution < 1.29 is 25.9 Å². The van der Waals surface area contributed by atoms with Crippen LogP contribution in [0.1, 0.15) is 38.3 Å². The first-order valence-electron chi connectivity index (χ1n) is 12.6. The third-order valence-corrected chi connectivity index (χ3v) is 12.0. The number of nitrogens with zero attached hydrogens (tertiary/aromatic N) is 2. The highest BCUT2D eigenvalue weighted by Gasteiger charge is 2.29. The Labute approximate surface area is 230 Å². The molecule has 5 rings (SSSR count). The largest absolute Gasteiger partial charge is 0.299 e. The third-order valence-electron chi connectivity index (χ3n) is 6.95. The van der Waals surface area contributed by atoms with E-state index in [9.17, 15) is 25.9 Å². The van der Waals surface area contributed by atoms with Gasteiger partial charge in [0, 0.05) is 34.8 Å². The molecule has 0 radical (unpaired) electrons. The molecule has 4 aromatic rings. The molecule has 3 heterocycles. The number of nitrogens with one attached hydrogen (secondary N) is 1. The molecular weight excluding hydrogens is 559 g/mol. The first kappa shape index (κ1) is 27.8. The van der Waals surface area contributed by atoms with Crippen molar-refractivity contribution in [2.24, 2.45) is 0 Å². The number of rotatable bonds is 7. The molecule has 12 heteroatoms. The first-order valence-corrected chi connectivity index (χ1v) is 17.4. The molecule has 1 saturated heterocycles. The van der Waals surface area contributed by atoms with Gasteiger partial charge in [0.05, 0.1) is 9.79 Å². The van der Waals surface area contributed by atoms with Crippen molar-refractivity contribution in [1.29, 1.82) is 0 Å². The summed E-state index contributed by atoms with van der Waals surface area (Å²) in [6.45, 7) is 3.85. The van der Waals surface area contributed by atoms with Crippen LogP contribution in [0.2, 0.25) is 0 Å². The molecule has 0 bridgehead atoms. The molecule has 0 aliphatic carbocycles. The zero-order chi connectivity index (χ0) is 28.0. The van der Waals surface area contributed by atoms with Gasteiger partial charge in [-0.3, -0.25) is 9.11 Å². The van der Waals surface area contributed by atoms with Crippen LogP contribution in [0.3, 0.4) is 0 Å². The summed E-state index contributed by atoms with van der Waals surface area (Å²) in [5, 5.41) is 0.649. The van der Waals surface area contributed by atoms with Crippen molar-refractivity contribution in [3.05, 3.63) is 78.6 Å². The molecule has 1 fully saturated rings. The second-order valence-corrected chi connectivity index (χ2v) is 16.0. The van der Waals surface area contributed by atoms with Crippen LogP contribution in [0.4, 0.5) is 0 Å². The molecule has 0 amide bonds. The van der Waals surface area contributed by atoms with Gasteiger partial charge in [-0.1, -0.05) is 44.2 Å². The van der Waals surface area contributed by atoms with E-state index in [1.165, 1.54) is 16.1 Å². The lowest BCUT2D eigenvalue weighted by Gasteiger charge is -2.39. The fourth-order valence-electron chi connectivity index (χ4n) is 4.83. The molecule has 0 spiro atoms. The van der Waals surface area contributed by atoms with Gasteiger partial charge in [-0.2, -0.15) is 10.6 Å². The van der Waals surface area contributed by atoms with Crippen LogP contribution in [0, 0.1) is 0 Å². The monoisotopic (exact) mass is 589 g/mol. The van der Waals surface area contributed by atoms with E-state index in [4.69, 9.17) is 0 Å². The summed E-state index contributed by atoms with van der Waals surface area (Å²) in [6, 6.07) is 17.9. The van der Waals surface area contributed by atoms with Crippen LogP contribution in [-0.4, -0.2) is 52.4 Å². The molecular formula is C27H31N3O6S3. The fraction of sp³-hybridized carbons (Fsp3) is 0.296. The second kappa shape index (κ2) is 10.3. The van der Waals surface area contributed by atoms with Gasteiger partial charge in [0.25, 0.3) is 10.0 Å². The highest BCUT2D eigenvalue weighted by Crippen LogP contribution is 2.44. The normalized spacial score (nSPS) is 17.5. The highest BCUT2D eigenvalue weighted by atomic mass is 32.3. The molecule has 1 aliphatic heterocycles. The van der Waals surface area contributed by atoms with E-state index in [0.717, 1.165) is 11.1 Å². The number of aromatic nitrogens is 2. The van der Waals surface area contributed by atoms with Crippen molar-refractivity contribution in [1.82, 2.24) is 13.7 Å². The van der Waals surface area contributed by atoms with E-state index in [2.05, 4.69) is 9.71 Å². The van der Waals surface area contributed by atoms with E-state index in [1.54, 1.807) is 54.7 Å². The minimum atomic E-state index is -3.91. The van der Waals surface area contributed by atoms with E-state index < -0.39 is 30.6 Å². The Bertz CT molecular complexity index is 1710. The van der Waals surface area contributed by atoms with E-state index >= 15 is 0 Å². The van der Waals surface area contributed by atoms with Crippen LogP contribution in [0.25, 0.3) is 22.2 Å². The lowest BCUT2D eigenvalue weighted by molar-refractivity contribution is 0.444. The Kier molecular flexibility index (Phi) is 7.38. The summed E-state index contributed by atoms with van der Waals surface area (Å²) in [7, 11) is -10.3. The molecule has 3 N–H and O–H groups in total. The predicted octanol–water partition coefficient (Wildman–Crippen LogP) is 5.26. The molecule has 208 valence electrons. The predicted molar refractivity (Wildman–Crippen MR) is 154 cm³/mol. The van der Waals surface area contributed by atoms with Gasteiger partial charge in [0.2, 0.25) is 10.0 Å². The molecule has 9 nitrogen and oxygen atoms in total. The van der Waals surface area contributed by atoms with Crippen molar-refractivity contribution >= 4 is 41.7 Å². The Hall–Kier alpha value is -2.74. The summed E-state index contributed by atoms with van der Waals surface area (Å²) in [5.41, 5.74) is 2.36. The average molecular weight is 590 g/mol. The molecule has 0 unspecified atom stereocenters. The maximum absolute atomic E-state index is 13.7. The number of fused-ring (bicyclic) bond motifs is 1. The topological polar surface area (TPSA) is 139 Å². The van der Waals surface area contributed by atoms with Gasteiger partial charge in [0.1, 0.15) is 0 Å². The summed E-state index contributed by atoms with van der Waals surface area (Å²) >= 11 is 0. The van der Waals surface area contributed by atoms with Gasteiger partial charge in [-0.05, 0) is 66.3 Å². The Morgan fingerprint density at radius 3 is 2.18 bits per heavy atom. The van der Waals surface area contributed by atoms with Gasteiger partial charge < -0.3 is 0 Å².